The number of nitrogens with zero attached hydrogens (tertiary/aromatic N) is 1. The molecule has 1 aliphatic carbocycles. The smallest absolute Gasteiger partial charge is 0.241 e. The highest BCUT2D eigenvalue weighted by atomic mass is 16.2. The molecule has 1 heterocycles. The molecule has 0 radical (unpaired) electrons. The molecule has 2 aromatic rings. The second-order valence-electron chi connectivity index (χ2n) is 8.94. The molecule has 144 valence electrons. The molecule has 0 saturated heterocycles. The normalized spacial score (nSPS) is 27.4. The molecule has 2 aromatic carbocycles. The van der Waals surface area contributed by atoms with Crippen LogP contribution in [-0.2, 0) is 9.59 Å². The number of hydrogen-bond donors (Lipinski definition) is 0. The van der Waals surface area contributed by atoms with E-state index in [9.17, 15) is 9.59 Å². The Balaban J connectivity index is 1.82. The standard InChI is InChI=1S/C25H27NO2/c1-18(19-10-6-4-7-11-19)26-15-14-21(20-12-8-5-9-13-20)25(23(26)28)17-24(2,3)16-22(25)27/h4-15,18,21H,16-17H2,1-3H3/t18-,21-,25-/m0/s1. The lowest BCUT2D eigenvalue weighted by Crippen LogP contribution is -2.51. The quantitative estimate of drug-likeness (QED) is 0.688. The minimum absolute atomic E-state index is 0.0595. The Morgan fingerprint density at radius 1 is 0.964 bits per heavy atom. The molecule has 3 heteroatoms. The molecule has 0 unspecified atom stereocenters. The number of carbonyl (C=O) groups excluding carboxylic acids is 2. The van der Waals surface area contributed by atoms with E-state index in [2.05, 4.69) is 19.9 Å². The number of benzene rings is 2. The molecule has 0 bridgehead atoms. The number of Topliss-reactive ketones (excluding diaryl/α,β-unsaturated/α-hetero) is 1. The van der Waals surface area contributed by atoms with Gasteiger partial charge in [-0.25, -0.2) is 0 Å². The van der Waals surface area contributed by atoms with Gasteiger partial charge < -0.3 is 4.90 Å². The van der Waals surface area contributed by atoms with E-state index in [0.717, 1.165) is 11.1 Å². The summed E-state index contributed by atoms with van der Waals surface area (Å²) in [7, 11) is 0. The minimum Gasteiger partial charge on any atom is -0.311 e. The molecule has 2 aliphatic rings. The lowest BCUT2D eigenvalue weighted by Gasteiger charge is -2.43. The van der Waals surface area contributed by atoms with Crippen LogP contribution in [0.1, 0.15) is 56.7 Å². The fourth-order valence-electron chi connectivity index (χ4n) is 5.01. The van der Waals surface area contributed by atoms with Gasteiger partial charge in [0.15, 0.2) is 0 Å². The fraction of sp³-hybridized carbons (Fsp3) is 0.360. The van der Waals surface area contributed by atoms with E-state index in [-0.39, 0.29) is 29.1 Å². The maximum absolute atomic E-state index is 13.9. The molecule has 0 aromatic heterocycles. The third-order valence-corrected chi connectivity index (χ3v) is 6.34. The van der Waals surface area contributed by atoms with E-state index in [0.29, 0.717) is 12.8 Å². The number of rotatable bonds is 3. The van der Waals surface area contributed by atoms with Gasteiger partial charge in [-0.3, -0.25) is 9.59 Å². The van der Waals surface area contributed by atoms with Crippen LogP contribution in [-0.4, -0.2) is 16.6 Å². The van der Waals surface area contributed by atoms with Crippen molar-refractivity contribution in [3.05, 3.63) is 84.1 Å². The van der Waals surface area contributed by atoms with Crippen molar-refractivity contribution in [3.8, 4) is 0 Å². The molecule has 1 saturated carbocycles. The molecule has 4 rings (SSSR count). The van der Waals surface area contributed by atoms with Crippen LogP contribution < -0.4 is 0 Å². The summed E-state index contributed by atoms with van der Waals surface area (Å²) in [6.45, 7) is 6.22. The summed E-state index contributed by atoms with van der Waals surface area (Å²) in [5.74, 6) is -0.198. The SMILES string of the molecule is C[C@@H](c1ccccc1)N1C=C[C@@H](c2ccccc2)[C@]2(CC(C)(C)CC2=O)C1=O. The van der Waals surface area contributed by atoms with Gasteiger partial charge in [-0.05, 0) is 29.9 Å². The first kappa shape index (κ1) is 18.7. The monoisotopic (exact) mass is 373 g/mol. The number of allylic oxidation sites excluding steroid dienone is 1. The molecular weight excluding hydrogens is 346 g/mol. The predicted molar refractivity (Wildman–Crippen MR) is 110 cm³/mol. The van der Waals surface area contributed by atoms with Crippen molar-refractivity contribution in [2.24, 2.45) is 10.8 Å². The van der Waals surface area contributed by atoms with Crippen LogP contribution >= 0.6 is 0 Å². The van der Waals surface area contributed by atoms with Crippen molar-refractivity contribution in [3.63, 3.8) is 0 Å². The highest BCUT2D eigenvalue weighted by Crippen LogP contribution is 2.57. The molecule has 1 fully saturated rings. The summed E-state index contributed by atoms with van der Waals surface area (Å²) < 4.78 is 0. The van der Waals surface area contributed by atoms with Crippen LogP contribution in [0.25, 0.3) is 0 Å². The predicted octanol–water partition coefficient (Wildman–Crippen LogP) is 5.26. The first-order valence-electron chi connectivity index (χ1n) is 9.99. The van der Waals surface area contributed by atoms with E-state index < -0.39 is 5.41 Å². The molecule has 3 atom stereocenters. The molecule has 3 nitrogen and oxygen atoms in total. The Kier molecular flexibility index (Phi) is 4.49. The van der Waals surface area contributed by atoms with Crippen molar-refractivity contribution < 1.29 is 9.59 Å². The van der Waals surface area contributed by atoms with Crippen LogP contribution in [0.15, 0.2) is 72.9 Å². The van der Waals surface area contributed by atoms with Crippen molar-refractivity contribution in [2.75, 3.05) is 0 Å². The van der Waals surface area contributed by atoms with Gasteiger partial charge >= 0.3 is 0 Å². The second kappa shape index (κ2) is 6.73. The zero-order chi connectivity index (χ0) is 19.9. The van der Waals surface area contributed by atoms with Crippen LogP contribution in [0.3, 0.4) is 0 Å². The van der Waals surface area contributed by atoms with Crippen LogP contribution in [0.2, 0.25) is 0 Å². The summed E-state index contributed by atoms with van der Waals surface area (Å²) in [6.07, 6.45) is 4.99. The van der Waals surface area contributed by atoms with Gasteiger partial charge in [-0.2, -0.15) is 0 Å². The average Bonchev–Trinajstić information content (AvgIpc) is 2.94. The number of ketones is 1. The van der Waals surface area contributed by atoms with Gasteiger partial charge in [0.25, 0.3) is 0 Å². The molecule has 28 heavy (non-hydrogen) atoms. The van der Waals surface area contributed by atoms with Crippen molar-refractivity contribution in [1.82, 2.24) is 4.90 Å². The van der Waals surface area contributed by atoms with Crippen LogP contribution in [0.4, 0.5) is 0 Å². The van der Waals surface area contributed by atoms with E-state index in [1.54, 1.807) is 4.90 Å². The number of amides is 1. The maximum atomic E-state index is 13.9. The lowest BCUT2D eigenvalue weighted by molar-refractivity contribution is -0.149. The third-order valence-electron chi connectivity index (χ3n) is 6.34. The zero-order valence-corrected chi connectivity index (χ0v) is 16.8. The Morgan fingerprint density at radius 2 is 1.57 bits per heavy atom. The third kappa shape index (κ3) is 2.90. The average molecular weight is 373 g/mol. The van der Waals surface area contributed by atoms with Crippen LogP contribution in [0.5, 0.6) is 0 Å². The Morgan fingerprint density at radius 3 is 2.14 bits per heavy atom. The number of carbonyl (C=O) groups is 2. The van der Waals surface area contributed by atoms with Gasteiger partial charge in [0.1, 0.15) is 11.2 Å². The number of hydrogen-bond acceptors (Lipinski definition) is 2. The Labute approximate surface area is 167 Å². The molecule has 1 spiro atoms. The van der Waals surface area contributed by atoms with Crippen LogP contribution in [0, 0.1) is 10.8 Å². The Bertz CT molecular complexity index is 916. The van der Waals surface area contributed by atoms with Gasteiger partial charge in [0.2, 0.25) is 5.91 Å². The summed E-state index contributed by atoms with van der Waals surface area (Å²) >= 11 is 0. The Hall–Kier alpha value is -2.68. The zero-order valence-electron chi connectivity index (χ0n) is 16.8. The fourth-order valence-corrected chi connectivity index (χ4v) is 5.01. The van der Waals surface area contributed by atoms with E-state index in [1.807, 2.05) is 73.8 Å². The second-order valence-corrected chi connectivity index (χ2v) is 8.94. The maximum Gasteiger partial charge on any atom is 0.241 e. The van der Waals surface area contributed by atoms with Gasteiger partial charge in [-0.1, -0.05) is 80.6 Å². The summed E-state index contributed by atoms with van der Waals surface area (Å²) in [5.41, 5.74) is 0.915. The first-order chi connectivity index (χ1) is 13.3. The lowest BCUT2D eigenvalue weighted by atomic mass is 9.66. The minimum atomic E-state index is -1.01. The first-order valence-corrected chi connectivity index (χ1v) is 9.99. The summed E-state index contributed by atoms with van der Waals surface area (Å²) in [5, 5.41) is 0. The highest BCUT2D eigenvalue weighted by Gasteiger charge is 2.61. The van der Waals surface area contributed by atoms with Gasteiger partial charge in [0.05, 0.1) is 6.04 Å². The molecule has 0 N–H and O–H groups in total. The van der Waals surface area contributed by atoms with Crippen molar-refractivity contribution in [1.29, 1.82) is 0 Å². The van der Waals surface area contributed by atoms with E-state index in [1.165, 1.54) is 0 Å². The highest BCUT2D eigenvalue weighted by molar-refractivity contribution is 6.10. The van der Waals surface area contributed by atoms with Crippen molar-refractivity contribution in [2.45, 2.75) is 45.6 Å². The van der Waals surface area contributed by atoms with Crippen molar-refractivity contribution >= 4 is 11.7 Å². The van der Waals surface area contributed by atoms with Gasteiger partial charge in [0, 0.05) is 18.5 Å². The summed E-state index contributed by atoms with van der Waals surface area (Å²) in [6, 6.07) is 19.9. The van der Waals surface area contributed by atoms with E-state index in [4.69, 9.17) is 0 Å². The summed E-state index contributed by atoms with van der Waals surface area (Å²) in [4.78, 5) is 29.1. The van der Waals surface area contributed by atoms with E-state index >= 15 is 0 Å². The largest absolute Gasteiger partial charge is 0.311 e. The molecule has 1 aliphatic heterocycles. The molecular formula is C25H27NO2. The topological polar surface area (TPSA) is 37.4 Å². The van der Waals surface area contributed by atoms with Gasteiger partial charge in [-0.15, -0.1) is 0 Å². The molecule has 1 amide bonds.